The van der Waals surface area contributed by atoms with Crippen molar-refractivity contribution in [3.8, 4) is 17.2 Å². The quantitative estimate of drug-likeness (QED) is 0.900. The van der Waals surface area contributed by atoms with Crippen LogP contribution in [0.15, 0.2) is 12.1 Å². The van der Waals surface area contributed by atoms with Gasteiger partial charge in [-0.15, -0.1) is 12.4 Å². The van der Waals surface area contributed by atoms with E-state index in [9.17, 15) is 0 Å². The first kappa shape index (κ1) is 13.9. The molecule has 1 aliphatic rings. The van der Waals surface area contributed by atoms with Crippen molar-refractivity contribution in [1.29, 1.82) is 0 Å². The van der Waals surface area contributed by atoms with Crippen molar-refractivity contribution in [2.24, 2.45) is 0 Å². The molecular weight excluding hydrogens is 242 g/mol. The summed E-state index contributed by atoms with van der Waals surface area (Å²) in [5, 5.41) is 3.35. The lowest BCUT2D eigenvalue weighted by Crippen LogP contribution is -2.35. The van der Waals surface area contributed by atoms with E-state index in [2.05, 4.69) is 5.32 Å². The van der Waals surface area contributed by atoms with Gasteiger partial charge in [0.25, 0.3) is 0 Å². The van der Waals surface area contributed by atoms with Crippen LogP contribution >= 0.6 is 12.4 Å². The maximum atomic E-state index is 5.37. The molecule has 96 valence electrons. The highest BCUT2D eigenvalue weighted by Gasteiger charge is 2.24. The third-order valence-corrected chi connectivity index (χ3v) is 2.94. The van der Waals surface area contributed by atoms with Crippen molar-refractivity contribution >= 4 is 12.4 Å². The van der Waals surface area contributed by atoms with Gasteiger partial charge in [-0.05, 0) is 19.0 Å². The molecule has 0 bridgehead atoms. The van der Waals surface area contributed by atoms with E-state index in [1.807, 2.05) is 12.1 Å². The maximum absolute atomic E-state index is 5.37. The fourth-order valence-corrected chi connectivity index (χ4v) is 1.88. The van der Waals surface area contributed by atoms with Gasteiger partial charge in [-0.3, -0.25) is 0 Å². The molecule has 1 heterocycles. The van der Waals surface area contributed by atoms with Gasteiger partial charge in [0.15, 0.2) is 11.5 Å². The second-order valence-electron chi connectivity index (χ2n) is 3.74. The molecule has 1 saturated heterocycles. The Balaban J connectivity index is 0.00000144. The van der Waals surface area contributed by atoms with Crippen LogP contribution in [0.5, 0.6) is 17.2 Å². The molecule has 0 aliphatic carbocycles. The van der Waals surface area contributed by atoms with Crippen molar-refractivity contribution in [2.75, 3.05) is 27.9 Å². The number of methoxy groups -OCH3 is 3. The van der Waals surface area contributed by atoms with Crippen molar-refractivity contribution in [2.45, 2.75) is 12.5 Å². The Bertz CT molecular complexity index is 380. The number of hydrogen-bond acceptors (Lipinski definition) is 4. The zero-order chi connectivity index (χ0) is 11.5. The van der Waals surface area contributed by atoms with Crippen LogP contribution in [0.25, 0.3) is 0 Å². The van der Waals surface area contributed by atoms with E-state index in [1.165, 1.54) is 0 Å². The Kier molecular flexibility index (Phi) is 4.90. The van der Waals surface area contributed by atoms with E-state index in [-0.39, 0.29) is 12.4 Å². The van der Waals surface area contributed by atoms with Crippen LogP contribution in [-0.4, -0.2) is 27.9 Å². The summed E-state index contributed by atoms with van der Waals surface area (Å²) in [6, 6.07) is 4.22. The van der Waals surface area contributed by atoms with Gasteiger partial charge < -0.3 is 19.5 Å². The molecule has 0 amide bonds. The van der Waals surface area contributed by atoms with E-state index < -0.39 is 0 Å². The zero-order valence-electron chi connectivity index (χ0n) is 10.3. The molecule has 0 aromatic heterocycles. The van der Waals surface area contributed by atoms with E-state index in [0.29, 0.717) is 11.8 Å². The van der Waals surface area contributed by atoms with Gasteiger partial charge in [-0.25, -0.2) is 0 Å². The Labute approximate surface area is 108 Å². The molecule has 0 radical (unpaired) electrons. The molecule has 0 saturated carbocycles. The normalized spacial score (nSPS) is 17.7. The summed E-state index contributed by atoms with van der Waals surface area (Å²) < 4.78 is 15.9. The van der Waals surface area contributed by atoms with Crippen molar-refractivity contribution in [3.05, 3.63) is 17.7 Å². The Morgan fingerprint density at radius 1 is 1.00 bits per heavy atom. The Hall–Kier alpha value is -1.13. The van der Waals surface area contributed by atoms with Gasteiger partial charge in [0.1, 0.15) is 5.75 Å². The molecular formula is C12H18ClNO3. The highest BCUT2D eigenvalue weighted by Crippen LogP contribution is 2.39. The van der Waals surface area contributed by atoms with Crippen LogP contribution < -0.4 is 19.5 Å². The molecule has 1 aliphatic heterocycles. The van der Waals surface area contributed by atoms with Crippen LogP contribution in [-0.2, 0) is 0 Å². The molecule has 1 N–H and O–H groups in total. The van der Waals surface area contributed by atoms with Crippen LogP contribution in [0.2, 0.25) is 0 Å². The first-order chi connectivity index (χ1) is 7.80. The van der Waals surface area contributed by atoms with Crippen LogP contribution in [0.1, 0.15) is 18.0 Å². The molecule has 0 unspecified atom stereocenters. The predicted molar refractivity (Wildman–Crippen MR) is 68.7 cm³/mol. The minimum atomic E-state index is 0. The summed E-state index contributed by atoms with van der Waals surface area (Å²) in [5.74, 6) is 2.28. The largest absolute Gasteiger partial charge is 0.496 e. The molecule has 1 aromatic carbocycles. The van der Waals surface area contributed by atoms with E-state index in [1.54, 1.807) is 21.3 Å². The third-order valence-electron chi connectivity index (χ3n) is 2.94. The molecule has 1 aromatic rings. The van der Waals surface area contributed by atoms with Gasteiger partial charge in [0.2, 0.25) is 0 Å². The second-order valence-corrected chi connectivity index (χ2v) is 3.74. The van der Waals surface area contributed by atoms with Gasteiger partial charge in [-0.1, -0.05) is 0 Å². The third kappa shape index (κ3) is 2.58. The van der Waals surface area contributed by atoms with Crippen molar-refractivity contribution in [3.63, 3.8) is 0 Å². The zero-order valence-corrected chi connectivity index (χ0v) is 11.1. The average molecular weight is 260 g/mol. The number of nitrogens with one attached hydrogen (secondary N) is 1. The van der Waals surface area contributed by atoms with Gasteiger partial charge in [-0.2, -0.15) is 0 Å². The highest BCUT2D eigenvalue weighted by atomic mass is 35.5. The number of ether oxygens (including phenoxy) is 3. The Morgan fingerprint density at radius 3 is 1.94 bits per heavy atom. The molecule has 1 atom stereocenters. The predicted octanol–water partition coefficient (Wildman–Crippen LogP) is 2.17. The standard InChI is InChI=1S/C12H17NO3.ClH/c1-14-10-7-12(16-3)11(15-2)6-8(10)9-4-5-13-9;/h6-7,9,13H,4-5H2,1-3H3;1H/t9-;/m0./s1. The van der Waals surface area contributed by atoms with E-state index >= 15 is 0 Å². The smallest absolute Gasteiger partial charge is 0.164 e. The van der Waals surface area contributed by atoms with Gasteiger partial charge >= 0.3 is 0 Å². The number of benzene rings is 1. The van der Waals surface area contributed by atoms with Crippen LogP contribution in [0, 0.1) is 0 Å². The van der Waals surface area contributed by atoms with Gasteiger partial charge in [0, 0.05) is 17.7 Å². The lowest BCUT2D eigenvalue weighted by Gasteiger charge is -2.29. The summed E-state index contributed by atoms with van der Waals surface area (Å²) in [4.78, 5) is 0. The molecule has 1 fully saturated rings. The van der Waals surface area contributed by atoms with E-state index in [4.69, 9.17) is 14.2 Å². The summed E-state index contributed by atoms with van der Waals surface area (Å²) in [7, 11) is 4.93. The van der Waals surface area contributed by atoms with Crippen LogP contribution in [0.4, 0.5) is 0 Å². The highest BCUT2D eigenvalue weighted by molar-refractivity contribution is 5.85. The van der Waals surface area contributed by atoms with Crippen molar-refractivity contribution < 1.29 is 14.2 Å². The maximum Gasteiger partial charge on any atom is 0.164 e. The van der Waals surface area contributed by atoms with Crippen molar-refractivity contribution in [1.82, 2.24) is 5.32 Å². The second kappa shape index (κ2) is 5.98. The number of halogens is 1. The van der Waals surface area contributed by atoms with Crippen LogP contribution in [0.3, 0.4) is 0 Å². The monoisotopic (exact) mass is 259 g/mol. The first-order valence-corrected chi connectivity index (χ1v) is 5.33. The summed E-state index contributed by atoms with van der Waals surface area (Å²) in [6.45, 7) is 1.06. The number of hydrogen-bond donors (Lipinski definition) is 1. The average Bonchev–Trinajstić information content (AvgIpc) is 2.26. The lowest BCUT2D eigenvalue weighted by molar-refractivity contribution is 0.332. The molecule has 4 nitrogen and oxygen atoms in total. The SMILES string of the molecule is COc1cc(OC)c([C@@H]2CCN2)cc1OC.Cl. The van der Waals surface area contributed by atoms with E-state index in [0.717, 1.165) is 30.0 Å². The minimum Gasteiger partial charge on any atom is -0.496 e. The topological polar surface area (TPSA) is 39.7 Å². The first-order valence-electron chi connectivity index (χ1n) is 5.33. The fourth-order valence-electron chi connectivity index (χ4n) is 1.88. The summed E-state index contributed by atoms with van der Waals surface area (Å²) in [6.07, 6.45) is 1.13. The Morgan fingerprint density at radius 2 is 1.53 bits per heavy atom. The minimum absolute atomic E-state index is 0. The van der Waals surface area contributed by atoms with Gasteiger partial charge in [0.05, 0.1) is 21.3 Å². The summed E-state index contributed by atoms with van der Waals surface area (Å²) in [5.41, 5.74) is 1.13. The molecule has 2 rings (SSSR count). The number of rotatable bonds is 4. The summed E-state index contributed by atoms with van der Waals surface area (Å²) >= 11 is 0. The fraction of sp³-hybridized carbons (Fsp3) is 0.500. The lowest BCUT2D eigenvalue weighted by atomic mass is 9.96. The molecule has 17 heavy (non-hydrogen) atoms. The molecule has 5 heteroatoms. The molecule has 0 spiro atoms.